The number of carbonyl (C=O) groups is 2. The number of nitrogens with one attached hydrogen (secondary N) is 1. The third-order valence-electron chi connectivity index (χ3n) is 4.25. The lowest BCUT2D eigenvalue weighted by Crippen LogP contribution is -2.48. The molecular formula is C16H19ClN2O3. The molecule has 0 spiro atoms. The van der Waals surface area contributed by atoms with E-state index in [0.29, 0.717) is 23.9 Å². The Morgan fingerprint density at radius 3 is 2.82 bits per heavy atom. The molecule has 2 fully saturated rings. The second-order valence-corrected chi connectivity index (χ2v) is 6.25. The maximum atomic E-state index is 12.6. The molecule has 1 N–H and O–H groups in total. The van der Waals surface area contributed by atoms with Crippen molar-refractivity contribution in [1.29, 1.82) is 0 Å². The summed E-state index contributed by atoms with van der Waals surface area (Å²) < 4.78 is 4.84. The van der Waals surface area contributed by atoms with Crippen LogP contribution in [0.25, 0.3) is 0 Å². The number of benzene rings is 1. The van der Waals surface area contributed by atoms with E-state index in [9.17, 15) is 9.59 Å². The monoisotopic (exact) mass is 322 g/mol. The van der Waals surface area contributed by atoms with E-state index in [1.165, 1.54) is 7.11 Å². The molecule has 0 unspecified atom stereocenters. The second kappa shape index (κ2) is 6.26. The van der Waals surface area contributed by atoms with E-state index < -0.39 is 0 Å². The largest absolute Gasteiger partial charge is 0.468 e. The number of hydrogen-bond donors (Lipinski definition) is 1. The van der Waals surface area contributed by atoms with Crippen LogP contribution in [-0.2, 0) is 14.3 Å². The van der Waals surface area contributed by atoms with Crippen molar-refractivity contribution in [3.05, 3.63) is 29.3 Å². The number of halogens is 1. The standard InChI is InChI=1S/C16H19ClN2O3/c1-22-16(21)14(10-5-6-10)18-13-7-8-19(15(13)20)12-4-2-3-11(17)9-12/h2-4,9-10,13-14,18H,5-8H2,1H3/t13-,14+/m1/s1. The van der Waals surface area contributed by atoms with Crippen LogP contribution in [-0.4, -0.2) is 37.6 Å². The maximum Gasteiger partial charge on any atom is 0.323 e. The molecule has 5 nitrogen and oxygen atoms in total. The minimum Gasteiger partial charge on any atom is -0.468 e. The fourth-order valence-corrected chi connectivity index (χ4v) is 3.09. The van der Waals surface area contributed by atoms with Crippen LogP contribution in [0.5, 0.6) is 0 Å². The van der Waals surface area contributed by atoms with Gasteiger partial charge < -0.3 is 9.64 Å². The molecular weight excluding hydrogens is 304 g/mol. The topological polar surface area (TPSA) is 58.6 Å². The molecule has 2 atom stereocenters. The summed E-state index contributed by atoms with van der Waals surface area (Å²) in [6.45, 7) is 0.620. The number of hydrogen-bond acceptors (Lipinski definition) is 4. The molecule has 1 saturated heterocycles. The zero-order valence-corrected chi connectivity index (χ0v) is 13.2. The number of ether oxygens (including phenoxy) is 1. The Balaban J connectivity index is 1.69. The normalized spacial score (nSPS) is 22.7. The van der Waals surface area contributed by atoms with Crippen molar-refractivity contribution >= 4 is 29.2 Å². The number of esters is 1. The average molecular weight is 323 g/mol. The van der Waals surface area contributed by atoms with E-state index in [1.807, 2.05) is 12.1 Å². The summed E-state index contributed by atoms with van der Waals surface area (Å²) in [6, 6.07) is 6.53. The van der Waals surface area contributed by atoms with Gasteiger partial charge in [0.1, 0.15) is 6.04 Å². The van der Waals surface area contributed by atoms with Crippen LogP contribution in [0, 0.1) is 5.92 Å². The number of carbonyl (C=O) groups excluding carboxylic acids is 2. The first kappa shape index (κ1) is 15.3. The van der Waals surface area contributed by atoms with Crippen LogP contribution >= 0.6 is 11.6 Å². The van der Waals surface area contributed by atoms with Crippen LogP contribution in [0.1, 0.15) is 19.3 Å². The molecule has 0 aromatic heterocycles. The average Bonchev–Trinajstić information content (AvgIpc) is 3.28. The Morgan fingerprint density at radius 1 is 1.41 bits per heavy atom. The fraction of sp³-hybridized carbons (Fsp3) is 0.500. The third kappa shape index (κ3) is 3.10. The second-order valence-electron chi connectivity index (χ2n) is 5.82. The van der Waals surface area contributed by atoms with Gasteiger partial charge in [-0.25, -0.2) is 0 Å². The Labute approximate surface area is 134 Å². The molecule has 1 aromatic carbocycles. The van der Waals surface area contributed by atoms with Crippen molar-refractivity contribution in [2.75, 3.05) is 18.6 Å². The maximum absolute atomic E-state index is 12.6. The first-order chi connectivity index (χ1) is 10.6. The number of nitrogens with zero attached hydrogens (tertiary/aromatic N) is 1. The van der Waals surface area contributed by atoms with Crippen LogP contribution in [0.4, 0.5) is 5.69 Å². The summed E-state index contributed by atoms with van der Waals surface area (Å²) in [5.41, 5.74) is 0.794. The van der Waals surface area contributed by atoms with Gasteiger partial charge in [0.05, 0.1) is 13.2 Å². The highest BCUT2D eigenvalue weighted by molar-refractivity contribution is 6.31. The lowest BCUT2D eigenvalue weighted by Gasteiger charge is -2.21. The number of anilines is 1. The van der Waals surface area contributed by atoms with E-state index in [2.05, 4.69) is 5.32 Å². The predicted molar refractivity (Wildman–Crippen MR) is 83.9 cm³/mol. The minimum atomic E-state index is -0.377. The van der Waals surface area contributed by atoms with Gasteiger partial charge in [0, 0.05) is 17.3 Å². The highest BCUT2D eigenvalue weighted by atomic mass is 35.5. The van der Waals surface area contributed by atoms with E-state index in [4.69, 9.17) is 16.3 Å². The van der Waals surface area contributed by atoms with Gasteiger partial charge in [-0.15, -0.1) is 0 Å². The highest BCUT2D eigenvalue weighted by Gasteiger charge is 2.42. The summed E-state index contributed by atoms with van der Waals surface area (Å²) >= 11 is 5.99. The van der Waals surface area contributed by atoms with Gasteiger partial charge in [-0.2, -0.15) is 0 Å². The zero-order valence-electron chi connectivity index (χ0n) is 12.4. The van der Waals surface area contributed by atoms with Crippen LogP contribution in [0.3, 0.4) is 0 Å². The van der Waals surface area contributed by atoms with Gasteiger partial charge in [0.15, 0.2) is 0 Å². The fourth-order valence-electron chi connectivity index (χ4n) is 2.90. The summed E-state index contributed by atoms with van der Waals surface area (Å²) in [5, 5.41) is 3.80. The minimum absolute atomic E-state index is 0.0168. The van der Waals surface area contributed by atoms with Gasteiger partial charge in [-0.05, 0) is 43.4 Å². The Bertz CT molecular complexity index is 589. The summed E-state index contributed by atoms with van der Waals surface area (Å²) in [4.78, 5) is 26.1. The molecule has 1 amide bonds. The summed E-state index contributed by atoms with van der Waals surface area (Å²) in [5.74, 6) is -0.00575. The SMILES string of the molecule is COC(=O)[C@@H](N[C@@H]1CCN(c2cccc(Cl)c2)C1=O)C1CC1. The van der Waals surface area contributed by atoms with Gasteiger partial charge in [0.25, 0.3) is 0 Å². The van der Waals surface area contributed by atoms with Crippen molar-refractivity contribution in [3.8, 4) is 0 Å². The molecule has 1 heterocycles. The van der Waals surface area contributed by atoms with E-state index in [-0.39, 0.29) is 24.0 Å². The van der Waals surface area contributed by atoms with Crippen LogP contribution < -0.4 is 10.2 Å². The summed E-state index contributed by atoms with van der Waals surface area (Å²) in [6.07, 6.45) is 2.68. The van der Waals surface area contributed by atoms with Crippen molar-refractivity contribution in [2.24, 2.45) is 5.92 Å². The van der Waals surface area contributed by atoms with Crippen LogP contribution in [0.15, 0.2) is 24.3 Å². The molecule has 3 rings (SSSR count). The molecule has 0 radical (unpaired) electrons. The van der Waals surface area contributed by atoms with Crippen molar-refractivity contribution < 1.29 is 14.3 Å². The Kier molecular flexibility index (Phi) is 4.36. The first-order valence-electron chi connectivity index (χ1n) is 7.51. The number of amides is 1. The quantitative estimate of drug-likeness (QED) is 0.842. The van der Waals surface area contributed by atoms with E-state index >= 15 is 0 Å². The number of rotatable bonds is 5. The molecule has 1 aromatic rings. The van der Waals surface area contributed by atoms with Crippen molar-refractivity contribution in [2.45, 2.75) is 31.3 Å². The van der Waals surface area contributed by atoms with Gasteiger partial charge in [0.2, 0.25) is 5.91 Å². The summed E-state index contributed by atoms with van der Waals surface area (Å²) in [7, 11) is 1.38. The molecule has 2 aliphatic rings. The molecule has 6 heteroatoms. The van der Waals surface area contributed by atoms with Crippen molar-refractivity contribution in [3.63, 3.8) is 0 Å². The Hall–Kier alpha value is -1.59. The molecule has 1 aliphatic heterocycles. The molecule has 1 aliphatic carbocycles. The zero-order chi connectivity index (χ0) is 15.7. The van der Waals surface area contributed by atoms with Gasteiger partial charge in [-0.3, -0.25) is 14.9 Å². The molecule has 0 bridgehead atoms. The predicted octanol–water partition coefficient (Wildman–Crippen LogP) is 1.99. The van der Waals surface area contributed by atoms with Crippen molar-refractivity contribution in [1.82, 2.24) is 5.32 Å². The smallest absolute Gasteiger partial charge is 0.323 e. The third-order valence-corrected chi connectivity index (χ3v) is 4.49. The molecule has 22 heavy (non-hydrogen) atoms. The van der Waals surface area contributed by atoms with Crippen LogP contribution in [0.2, 0.25) is 5.02 Å². The van der Waals surface area contributed by atoms with Gasteiger partial charge >= 0.3 is 5.97 Å². The van der Waals surface area contributed by atoms with Gasteiger partial charge in [-0.1, -0.05) is 17.7 Å². The Morgan fingerprint density at radius 2 is 2.18 bits per heavy atom. The number of methoxy groups -OCH3 is 1. The molecule has 1 saturated carbocycles. The van der Waals surface area contributed by atoms with E-state index in [0.717, 1.165) is 18.5 Å². The first-order valence-corrected chi connectivity index (χ1v) is 7.89. The lowest BCUT2D eigenvalue weighted by atomic mass is 10.1. The highest BCUT2D eigenvalue weighted by Crippen LogP contribution is 2.34. The van der Waals surface area contributed by atoms with E-state index in [1.54, 1.807) is 17.0 Å². The lowest BCUT2D eigenvalue weighted by molar-refractivity contribution is -0.144. The molecule has 118 valence electrons.